The normalized spacial score (nSPS) is 18.4. The summed E-state index contributed by atoms with van der Waals surface area (Å²) >= 11 is 0. The molecule has 4 aromatic rings. The van der Waals surface area contributed by atoms with Crippen LogP contribution in [0.2, 0.25) is 0 Å². The number of benzene rings is 3. The summed E-state index contributed by atoms with van der Waals surface area (Å²) in [5.74, 6) is -1.73. The summed E-state index contributed by atoms with van der Waals surface area (Å²) < 4.78 is 18.9. The number of H-pyrrole nitrogens is 1. The maximum Gasteiger partial charge on any atom is 0.338 e. The van der Waals surface area contributed by atoms with E-state index in [2.05, 4.69) is 4.98 Å². The molecular weight excluding hydrogens is 512 g/mol. The van der Waals surface area contributed by atoms with Crippen molar-refractivity contribution in [3.8, 4) is 0 Å². The highest BCUT2D eigenvalue weighted by Crippen LogP contribution is 2.32. The summed E-state index contributed by atoms with van der Waals surface area (Å²) in [4.78, 5) is 53.0. The first-order chi connectivity index (χ1) is 19.4. The van der Waals surface area contributed by atoms with Crippen LogP contribution in [0.15, 0.2) is 107 Å². The van der Waals surface area contributed by atoms with Crippen LogP contribution in [0.4, 0.5) is 0 Å². The minimum absolute atomic E-state index is 0.118. The maximum absolute atomic E-state index is 13.5. The lowest BCUT2D eigenvalue weighted by Gasteiger charge is -2.21. The van der Waals surface area contributed by atoms with E-state index in [-0.39, 0.29) is 13.0 Å². The number of esters is 2. The van der Waals surface area contributed by atoms with Crippen molar-refractivity contribution in [2.45, 2.75) is 37.7 Å². The van der Waals surface area contributed by atoms with E-state index in [4.69, 9.17) is 14.2 Å². The van der Waals surface area contributed by atoms with Crippen LogP contribution in [0.1, 0.15) is 45.6 Å². The first kappa shape index (κ1) is 26.8. The molecule has 3 atom stereocenters. The molecule has 1 N–H and O–H groups in total. The Morgan fingerprint density at radius 3 is 2.10 bits per heavy atom. The first-order valence-corrected chi connectivity index (χ1v) is 12.9. The number of aromatic nitrogens is 2. The van der Waals surface area contributed by atoms with Crippen molar-refractivity contribution in [3.63, 3.8) is 0 Å². The van der Waals surface area contributed by atoms with Crippen LogP contribution in [-0.2, 0) is 19.0 Å². The highest BCUT2D eigenvalue weighted by atomic mass is 16.6. The van der Waals surface area contributed by atoms with E-state index < -0.39 is 47.5 Å². The average Bonchev–Trinajstić information content (AvgIpc) is 3.37. The lowest BCUT2D eigenvalue weighted by atomic mass is 9.91. The second kappa shape index (κ2) is 12.0. The van der Waals surface area contributed by atoms with Gasteiger partial charge in [-0.15, -0.1) is 0 Å². The van der Waals surface area contributed by atoms with Crippen LogP contribution < -0.4 is 11.2 Å². The van der Waals surface area contributed by atoms with Crippen LogP contribution in [0.5, 0.6) is 0 Å². The number of aryl methyl sites for hydroxylation is 1. The van der Waals surface area contributed by atoms with Gasteiger partial charge in [0.25, 0.3) is 5.56 Å². The number of hydrogen-bond acceptors (Lipinski definition) is 7. The van der Waals surface area contributed by atoms with Crippen LogP contribution in [0.3, 0.4) is 0 Å². The molecule has 1 saturated heterocycles. The molecule has 0 spiro atoms. The Morgan fingerprint density at radius 2 is 1.50 bits per heavy atom. The number of rotatable bonds is 8. The Kier molecular flexibility index (Phi) is 8.02. The van der Waals surface area contributed by atoms with E-state index in [9.17, 15) is 19.2 Å². The van der Waals surface area contributed by atoms with Gasteiger partial charge in [-0.3, -0.25) is 19.1 Å². The van der Waals surface area contributed by atoms with Gasteiger partial charge in [0.2, 0.25) is 0 Å². The Bertz CT molecular complexity index is 1540. The molecule has 9 nitrogen and oxygen atoms in total. The number of ether oxygens (including phenoxy) is 3. The Morgan fingerprint density at radius 1 is 0.925 bits per heavy atom. The number of aromatic amines is 1. The van der Waals surface area contributed by atoms with Gasteiger partial charge in [-0.2, -0.15) is 0 Å². The van der Waals surface area contributed by atoms with Gasteiger partial charge in [0.1, 0.15) is 31.0 Å². The van der Waals surface area contributed by atoms with E-state index in [1.165, 1.54) is 10.8 Å². The van der Waals surface area contributed by atoms with E-state index >= 15 is 0 Å². The summed E-state index contributed by atoms with van der Waals surface area (Å²) in [6.45, 7) is 1.36. The molecule has 204 valence electrons. The van der Waals surface area contributed by atoms with Crippen molar-refractivity contribution < 1.29 is 23.8 Å². The molecule has 40 heavy (non-hydrogen) atoms. The number of nitrogens with one attached hydrogen (secondary N) is 1. The summed E-state index contributed by atoms with van der Waals surface area (Å²) in [5.41, 5.74) is 1.07. The predicted molar refractivity (Wildman–Crippen MR) is 146 cm³/mol. The molecule has 0 unspecified atom stereocenters. The molecule has 0 radical (unpaired) electrons. The number of nitrogens with zero attached hydrogens (tertiary/aromatic N) is 1. The zero-order valence-corrected chi connectivity index (χ0v) is 21.8. The van der Waals surface area contributed by atoms with Crippen LogP contribution >= 0.6 is 0 Å². The van der Waals surface area contributed by atoms with Gasteiger partial charge in [0, 0.05) is 18.2 Å². The standard InChI is InChI=1S/C31H28N2O7/c1-20-18-33(31(37)32-28(20)34)26-17-24(40-29(35)23-15-9-4-10-16-23)25(39-26)19-38-30(36)27(21-11-5-2-6-12-21)22-13-7-3-8-14-22/h2-16,18,24-27H,17,19H2,1H3,(H,32,34,37)/t24-,25+,26+/m0/s1. The molecule has 0 amide bonds. The fraction of sp³-hybridized carbons (Fsp3) is 0.226. The topological polar surface area (TPSA) is 117 Å². The van der Waals surface area contributed by atoms with Crippen LogP contribution in [0, 0.1) is 6.92 Å². The number of carbonyl (C=O) groups is 2. The van der Waals surface area contributed by atoms with Gasteiger partial charge < -0.3 is 14.2 Å². The number of carbonyl (C=O) groups excluding carboxylic acids is 2. The minimum atomic E-state index is -0.854. The average molecular weight is 541 g/mol. The van der Waals surface area contributed by atoms with E-state index in [0.717, 1.165) is 11.1 Å². The first-order valence-electron chi connectivity index (χ1n) is 12.9. The van der Waals surface area contributed by atoms with E-state index in [0.29, 0.717) is 11.1 Å². The van der Waals surface area contributed by atoms with Gasteiger partial charge >= 0.3 is 17.6 Å². The van der Waals surface area contributed by atoms with Crippen molar-refractivity contribution in [2.75, 3.05) is 6.61 Å². The van der Waals surface area contributed by atoms with Crippen LogP contribution in [0.25, 0.3) is 0 Å². The molecule has 1 aliphatic rings. The van der Waals surface area contributed by atoms with Crippen molar-refractivity contribution in [1.82, 2.24) is 9.55 Å². The van der Waals surface area contributed by atoms with Gasteiger partial charge in [0.05, 0.1) is 5.56 Å². The summed E-state index contributed by atoms with van der Waals surface area (Å²) in [5, 5.41) is 0. The lowest BCUT2D eigenvalue weighted by Crippen LogP contribution is -2.34. The lowest BCUT2D eigenvalue weighted by molar-refractivity contribution is -0.151. The zero-order chi connectivity index (χ0) is 28.1. The predicted octanol–water partition coefficient (Wildman–Crippen LogP) is 3.73. The number of hydrogen-bond donors (Lipinski definition) is 1. The third kappa shape index (κ3) is 5.94. The maximum atomic E-state index is 13.5. The molecule has 9 heteroatoms. The van der Waals surface area contributed by atoms with E-state index in [1.807, 2.05) is 60.7 Å². The molecule has 0 saturated carbocycles. The highest BCUT2D eigenvalue weighted by Gasteiger charge is 2.41. The van der Waals surface area contributed by atoms with Gasteiger partial charge in [-0.05, 0) is 30.2 Å². The second-order valence-electron chi connectivity index (χ2n) is 9.54. The van der Waals surface area contributed by atoms with Crippen molar-refractivity contribution in [1.29, 1.82) is 0 Å². The molecular formula is C31H28N2O7. The Labute approximate surface area is 230 Å². The molecule has 1 aromatic heterocycles. The summed E-state index contributed by atoms with van der Waals surface area (Å²) in [7, 11) is 0. The molecule has 0 aliphatic carbocycles. The van der Waals surface area contributed by atoms with Gasteiger partial charge in [0.15, 0.2) is 0 Å². The highest BCUT2D eigenvalue weighted by molar-refractivity contribution is 5.89. The molecule has 1 fully saturated rings. The SMILES string of the molecule is Cc1cn([C@H]2C[C@H](OC(=O)c3ccccc3)[C@@H](COC(=O)C(c3ccccc3)c3ccccc3)O2)c(=O)[nH]c1=O. The van der Waals surface area contributed by atoms with E-state index in [1.54, 1.807) is 37.3 Å². The molecule has 0 bridgehead atoms. The summed E-state index contributed by atoms with van der Waals surface area (Å²) in [6.07, 6.45) is -1.01. The smallest absolute Gasteiger partial charge is 0.338 e. The minimum Gasteiger partial charge on any atom is -0.462 e. The van der Waals surface area contributed by atoms with Gasteiger partial charge in [-0.25, -0.2) is 9.59 Å². The molecule has 5 rings (SSSR count). The quantitative estimate of drug-likeness (QED) is 0.339. The third-order valence-electron chi connectivity index (χ3n) is 6.80. The molecule has 1 aliphatic heterocycles. The molecule has 3 aromatic carbocycles. The fourth-order valence-corrected chi connectivity index (χ4v) is 4.73. The zero-order valence-electron chi connectivity index (χ0n) is 21.8. The fourth-order valence-electron chi connectivity index (χ4n) is 4.73. The Hall–Kier alpha value is -4.76. The second-order valence-corrected chi connectivity index (χ2v) is 9.54. The van der Waals surface area contributed by atoms with Crippen molar-refractivity contribution in [3.05, 3.63) is 140 Å². The van der Waals surface area contributed by atoms with Gasteiger partial charge in [-0.1, -0.05) is 78.9 Å². The molecule has 2 heterocycles. The third-order valence-corrected chi connectivity index (χ3v) is 6.80. The summed E-state index contributed by atoms with van der Waals surface area (Å²) in [6, 6.07) is 27.1. The largest absolute Gasteiger partial charge is 0.462 e. The Balaban J connectivity index is 1.38. The van der Waals surface area contributed by atoms with Crippen molar-refractivity contribution in [2.24, 2.45) is 0 Å². The van der Waals surface area contributed by atoms with Crippen LogP contribution in [-0.4, -0.2) is 40.3 Å². The monoisotopic (exact) mass is 540 g/mol. The van der Waals surface area contributed by atoms with Crippen molar-refractivity contribution >= 4 is 11.9 Å².